The minimum atomic E-state index is -0.655. The highest BCUT2D eigenvalue weighted by Gasteiger charge is 2.18. The Hall–Kier alpha value is -3.52. The molecule has 0 saturated carbocycles. The zero-order chi connectivity index (χ0) is 21.0. The molecular weight excluding hydrogens is 396 g/mol. The average molecular weight is 415 g/mol. The highest BCUT2D eigenvalue weighted by Crippen LogP contribution is 2.37. The van der Waals surface area contributed by atoms with Crippen molar-refractivity contribution >= 4 is 29.5 Å². The number of aromatic amines is 1. The van der Waals surface area contributed by atoms with Gasteiger partial charge >= 0.3 is 0 Å². The van der Waals surface area contributed by atoms with Crippen LogP contribution in [0.2, 0.25) is 5.02 Å². The van der Waals surface area contributed by atoms with Gasteiger partial charge in [-0.1, -0.05) is 23.7 Å². The summed E-state index contributed by atoms with van der Waals surface area (Å²) in [6.45, 7) is 0. The van der Waals surface area contributed by atoms with Crippen LogP contribution in [-0.4, -0.2) is 41.6 Å². The van der Waals surface area contributed by atoms with Crippen molar-refractivity contribution in [3.05, 3.63) is 63.8 Å². The number of halogens is 1. The van der Waals surface area contributed by atoms with E-state index in [1.807, 2.05) is 12.1 Å². The summed E-state index contributed by atoms with van der Waals surface area (Å²) in [6.07, 6.45) is 1.83. The molecule has 150 valence electrons. The van der Waals surface area contributed by atoms with Crippen LogP contribution < -0.4 is 15.2 Å². The van der Waals surface area contributed by atoms with E-state index < -0.39 is 5.91 Å². The Morgan fingerprint density at radius 3 is 2.76 bits per heavy atom. The van der Waals surface area contributed by atoms with E-state index in [2.05, 4.69) is 15.2 Å². The molecule has 4 N–H and O–H groups in total. The molecule has 1 heterocycles. The maximum absolute atomic E-state index is 12.0. The van der Waals surface area contributed by atoms with Crippen LogP contribution in [0.1, 0.15) is 27.2 Å². The number of primary amides is 1. The Bertz CT molecular complexity index is 1080. The monoisotopic (exact) mass is 414 g/mol. The van der Waals surface area contributed by atoms with E-state index in [9.17, 15) is 9.90 Å². The number of amides is 1. The summed E-state index contributed by atoms with van der Waals surface area (Å²) >= 11 is 6.01. The van der Waals surface area contributed by atoms with Crippen molar-refractivity contribution in [1.29, 1.82) is 0 Å². The van der Waals surface area contributed by atoms with Gasteiger partial charge in [0.25, 0.3) is 5.91 Å². The zero-order valence-electron chi connectivity index (χ0n) is 15.8. The van der Waals surface area contributed by atoms with E-state index in [-0.39, 0.29) is 22.9 Å². The number of hydrogen-bond donors (Lipinski definition) is 3. The second-order valence-corrected chi connectivity index (χ2v) is 6.54. The van der Waals surface area contributed by atoms with Crippen LogP contribution in [0.4, 0.5) is 5.82 Å². The van der Waals surface area contributed by atoms with Gasteiger partial charge in [-0.3, -0.25) is 9.89 Å². The topological polar surface area (TPSA) is 123 Å². The molecule has 0 spiro atoms. The Kier molecular flexibility index (Phi) is 6.04. The van der Waals surface area contributed by atoms with Gasteiger partial charge in [0.2, 0.25) is 5.75 Å². The molecule has 3 aromatic rings. The summed E-state index contributed by atoms with van der Waals surface area (Å²) in [4.78, 5) is 16.2. The molecule has 1 amide bonds. The van der Waals surface area contributed by atoms with E-state index in [0.717, 1.165) is 5.56 Å². The minimum absolute atomic E-state index is 0.105. The largest absolute Gasteiger partial charge is 0.504 e. The average Bonchev–Trinajstić information content (AvgIpc) is 3.08. The zero-order valence-corrected chi connectivity index (χ0v) is 16.5. The number of methoxy groups -OCH3 is 2. The number of phenolic OH excluding ortho intramolecular Hbond substituents is 1. The van der Waals surface area contributed by atoms with Crippen molar-refractivity contribution in [3.8, 4) is 17.2 Å². The van der Waals surface area contributed by atoms with Gasteiger partial charge in [-0.25, -0.2) is 4.99 Å². The third kappa shape index (κ3) is 4.49. The molecule has 3 rings (SSSR count). The second kappa shape index (κ2) is 8.66. The van der Waals surface area contributed by atoms with Crippen LogP contribution >= 0.6 is 11.6 Å². The Balaban J connectivity index is 1.93. The maximum Gasteiger partial charge on any atom is 0.254 e. The van der Waals surface area contributed by atoms with Crippen molar-refractivity contribution in [2.75, 3.05) is 14.2 Å². The van der Waals surface area contributed by atoms with Gasteiger partial charge in [-0.05, 0) is 29.8 Å². The van der Waals surface area contributed by atoms with E-state index in [1.54, 1.807) is 18.2 Å². The van der Waals surface area contributed by atoms with Crippen molar-refractivity contribution in [2.24, 2.45) is 10.7 Å². The Morgan fingerprint density at radius 2 is 2.10 bits per heavy atom. The molecule has 0 atom stereocenters. The molecule has 0 radical (unpaired) electrons. The lowest BCUT2D eigenvalue weighted by molar-refractivity contribution is 0.100. The SMILES string of the molecule is COc1cc(C=Nc2n[nH]c(Cc3cccc(Cl)c3)c2C(N)=O)cc(O)c1OC. The minimum Gasteiger partial charge on any atom is -0.504 e. The van der Waals surface area contributed by atoms with Crippen molar-refractivity contribution < 1.29 is 19.4 Å². The number of aromatic nitrogens is 2. The molecule has 0 aliphatic carbocycles. The highest BCUT2D eigenvalue weighted by molar-refractivity contribution is 6.30. The van der Waals surface area contributed by atoms with Crippen LogP contribution in [0.3, 0.4) is 0 Å². The first-order chi connectivity index (χ1) is 13.9. The molecule has 0 aliphatic heterocycles. The number of carbonyl (C=O) groups is 1. The molecule has 9 heteroatoms. The summed E-state index contributed by atoms with van der Waals surface area (Å²) in [5.41, 5.74) is 7.68. The number of H-pyrrole nitrogens is 1. The summed E-state index contributed by atoms with van der Waals surface area (Å²) in [7, 11) is 2.88. The number of aliphatic imine (C=N–C) groups is 1. The number of hydrogen-bond acceptors (Lipinski definition) is 6. The lowest BCUT2D eigenvalue weighted by Gasteiger charge is -2.09. The number of aromatic hydroxyl groups is 1. The first-order valence-electron chi connectivity index (χ1n) is 8.53. The molecule has 0 bridgehead atoms. The van der Waals surface area contributed by atoms with E-state index in [4.69, 9.17) is 26.8 Å². The molecule has 1 aromatic heterocycles. The Morgan fingerprint density at radius 1 is 1.31 bits per heavy atom. The first-order valence-corrected chi connectivity index (χ1v) is 8.91. The predicted molar refractivity (Wildman–Crippen MR) is 110 cm³/mol. The van der Waals surface area contributed by atoms with Gasteiger partial charge in [-0.2, -0.15) is 5.10 Å². The van der Waals surface area contributed by atoms with Crippen LogP contribution in [0.15, 0.2) is 41.4 Å². The fraction of sp³-hybridized carbons (Fsp3) is 0.150. The Labute approximate surface area is 171 Å². The molecule has 0 unspecified atom stereocenters. The van der Waals surface area contributed by atoms with Crippen LogP contribution in [0, 0.1) is 0 Å². The highest BCUT2D eigenvalue weighted by atomic mass is 35.5. The van der Waals surface area contributed by atoms with Gasteiger partial charge in [0.05, 0.1) is 19.9 Å². The maximum atomic E-state index is 12.0. The quantitative estimate of drug-likeness (QED) is 0.512. The summed E-state index contributed by atoms with van der Waals surface area (Å²) in [5.74, 6) is -0.0622. The van der Waals surface area contributed by atoms with E-state index >= 15 is 0 Å². The third-order valence-electron chi connectivity index (χ3n) is 4.16. The van der Waals surface area contributed by atoms with E-state index in [0.29, 0.717) is 28.5 Å². The lowest BCUT2D eigenvalue weighted by atomic mass is 10.1. The molecule has 8 nitrogen and oxygen atoms in total. The molecule has 2 aromatic carbocycles. The molecule has 0 aliphatic rings. The number of nitrogens with one attached hydrogen (secondary N) is 1. The van der Waals surface area contributed by atoms with Gasteiger partial charge in [0.15, 0.2) is 17.3 Å². The molecular formula is C20H19ClN4O4. The van der Waals surface area contributed by atoms with Gasteiger partial charge < -0.3 is 20.3 Å². The fourth-order valence-electron chi connectivity index (χ4n) is 2.87. The van der Waals surface area contributed by atoms with E-state index in [1.165, 1.54) is 26.5 Å². The van der Waals surface area contributed by atoms with Gasteiger partial charge in [0.1, 0.15) is 5.56 Å². The normalized spacial score (nSPS) is 11.0. The van der Waals surface area contributed by atoms with Gasteiger partial charge in [-0.15, -0.1) is 0 Å². The number of nitrogens with two attached hydrogens (primary N) is 1. The summed E-state index contributed by atoms with van der Waals surface area (Å²) < 4.78 is 10.3. The number of benzene rings is 2. The van der Waals surface area contributed by atoms with Crippen molar-refractivity contribution in [2.45, 2.75) is 6.42 Å². The summed E-state index contributed by atoms with van der Waals surface area (Å²) in [5, 5.41) is 17.6. The van der Waals surface area contributed by atoms with Crippen molar-refractivity contribution in [3.63, 3.8) is 0 Å². The smallest absolute Gasteiger partial charge is 0.254 e. The van der Waals surface area contributed by atoms with Crippen LogP contribution in [0.5, 0.6) is 17.2 Å². The fourth-order valence-corrected chi connectivity index (χ4v) is 3.09. The first kappa shape index (κ1) is 20.2. The number of nitrogens with zero attached hydrogens (tertiary/aromatic N) is 2. The molecule has 0 fully saturated rings. The molecule has 0 saturated heterocycles. The number of carbonyl (C=O) groups excluding carboxylic acids is 1. The second-order valence-electron chi connectivity index (χ2n) is 6.11. The standard InChI is InChI=1S/C20H19ClN4O4/c1-28-16-9-12(8-15(26)18(16)29-2)10-23-20-17(19(22)27)14(24-25-20)7-11-4-3-5-13(21)6-11/h3-6,8-10,26H,7H2,1-2H3,(H2,22,27)(H,24,25). The number of ether oxygens (including phenoxy) is 2. The summed E-state index contributed by atoms with van der Waals surface area (Å²) in [6, 6.07) is 10.3. The third-order valence-corrected chi connectivity index (χ3v) is 4.39. The number of rotatable bonds is 7. The lowest BCUT2D eigenvalue weighted by Crippen LogP contribution is -2.13. The molecule has 29 heavy (non-hydrogen) atoms. The predicted octanol–water partition coefficient (Wildman–Crippen LogP) is 3.23. The van der Waals surface area contributed by atoms with Gasteiger partial charge in [0, 0.05) is 23.2 Å². The van der Waals surface area contributed by atoms with Crippen molar-refractivity contribution in [1.82, 2.24) is 10.2 Å². The number of phenols is 1. The van der Waals surface area contributed by atoms with Crippen LogP contribution in [0.25, 0.3) is 0 Å². The van der Waals surface area contributed by atoms with Crippen LogP contribution in [-0.2, 0) is 6.42 Å².